The number of carbonyl (C=O) groups excluding carboxylic acids is 1. The van der Waals surface area contributed by atoms with Gasteiger partial charge in [0.2, 0.25) is 5.91 Å². The van der Waals surface area contributed by atoms with Crippen LogP contribution >= 0.6 is 0 Å². The highest BCUT2D eigenvalue weighted by molar-refractivity contribution is 5.81. The van der Waals surface area contributed by atoms with Crippen LogP contribution in [0.2, 0.25) is 0 Å². The van der Waals surface area contributed by atoms with Crippen LogP contribution in [0.15, 0.2) is 54.6 Å². The van der Waals surface area contributed by atoms with E-state index in [-0.39, 0.29) is 19.0 Å². The molecule has 4 heteroatoms. The number of hydrogen-bond donors (Lipinski definition) is 1. The van der Waals surface area contributed by atoms with Gasteiger partial charge in [0.15, 0.2) is 0 Å². The molecule has 0 unspecified atom stereocenters. The van der Waals surface area contributed by atoms with Gasteiger partial charge in [0.25, 0.3) is 0 Å². The van der Waals surface area contributed by atoms with Crippen LogP contribution in [0.4, 0.5) is 5.69 Å². The molecule has 2 aromatic rings. The van der Waals surface area contributed by atoms with Crippen molar-refractivity contribution in [2.45, 2.75) is 6.54 Å². The van der Waals surface area contributed by atoms with Crippen molar-refractivity contribution in [3.8, 4) is 18.4 Å². The summed E-state index contributed by atoms with van der Waals surface area (Å²) >= 11 is 0. The van der Waals surface area contributed by atoms with Gasteiger partial charge in [0.1, 0.15) is 6.54 Å². The van der Waals surface area contributed by atoms with E-state index in [4.69, 9.17) is 11.7 Å². The normalized spacial score (nSPS) is 9.48. The maximum atomic E-state index is 12.0. The summed E-state index contributed by atoms with van der Waals surface area (Å²) in [5.41, 5.74) is 2.72. The standard InChI is InChI=1S/C19H17N3O/c1-2-16-9-6-10-18(13-16)22(15-19(23)21-12-11-20)14-17-7-4-3-5-8-17/h1,3-10,13H,12,14-15H2,(H,21,23). The van der Waals surface area contributed by atoms with Gasteiger partial charge < -0.3 is 10.2 Å². The molecule has 2 aromatic carbocycles. The third-order valence-electron chi connectivity index (χ3n) is 3.29. The maximum absolute atomic E-state index is 12.0. The lowest BCUT2D eigenvalue weighted by Gasteiger charge is -2.24. The third-order valence-corrected chi connectivity index (χ3v) is 3.29. The number of carbonyl (C=O) groups is 1. The van der Waals surface area contributed by atoms with Gasteiger partial charge in [-0.15, -0.1) is 6.42 Å². The molecule has 0 aliphatic heterocycles. The molecule has 1 amide bonds. The average molecular weight is 303 g/mol. The summed E-state index contributed by atoms with van der Waals surface area (Å²) in [7, 11) is 0. The van der Waals surface area contributed by atoms with Crippen LogP contribution in [-0.2, 0) is 11.3 Å². The molecule has 0 saturated heterocycles. The molecule has 23 heavy (non-hydrogen) atoms. The minimum Gasteiger partial charge on any atom is -0.358 e. The van der Waals surface area contributed by atoms with Crippen molar-refractivity contribution in [2.75, 3.05) is 18.0 Å². The van der Waals surface area contributed by atoms with Crippen LogP contribution in [0.5, 0.6) is 0 Å². The van der Waals surface area contributed by atoms with Gasteiger partial charge >= 0.3 is 0 Å². The zero-order valence-electron chi connectivity index (χ0n) is 12.7. The fourth-order valence-corrected chi connectivity index (χ4v) is 2.20. The molecule has 0 radical (unpaired) electrons. The van der Waals surface area contributed by atoms with E-state index in [9.17, 15) is 4.79 Å². The third kappa shape index (κ3) is 4.91. The van der Waals surface area contributed by atoms with E-state index in [2.05, 4.69) is 11.2 Å². The summed E-state index contributed by atoms with van der Waals surface area (Å²) in [4.78, 5) is 13.9. The molecule has 114 valence electrons. The highest BCUT2D eigenvalue weighted by Gasteiger charge is 2.12. The highest BCUT2D eigenvalue weighted by Crippen LogP contribution is 2.18. The molecule has 0 aliphatic rings. The number of nitrogens with one attached hydrogen (secondary N) is 1. The molecule has 0 spiro atoms. The summed E-state index contributed by atoms with van der Waals surface area (Å²) in [6.07, 6.45) is 5.45. The van der Waals surface area contributed by atoms with E-state index >= 15 is 0 Å². The van der Waals surface area contributed by atoms with Gasteiger partial charge in [-0.2, -0.15) is 5.26 Å². The van der Waals surface area contributed by atoms with Crippen molar-refractivity contribution in [1.82, 2.24) is 5.32 Å². The van der Waals surface area contributed by atoms with Crippen LogP contribution in [-0.4, -0.2) is 19.0 Å². The molecule has 4 nitrogen and oxygen atoms in total. The number of rotatable bonds is 6. The number of terminal acetylenes is 1. The lowest BCUT2D eigenvalue weighted by atomic mass is 10.1. The number of anilines is 1. The lowest BCUT2D eigenvalue weighted by molar-refractivity contribution is -0.119. The van der Waals surface area contributed by atoms with Gasteiger partial charge in [0.05, 0.1) is 12.6 Å². The zero-order chi connectivity index (χ0) is 16.5. The molecule has 2 rings (SSSR count). The minimum atomic E-state index is -0.200. The first kappa shape index (κ1) is 16.1. The second kappa shape index (κ2) is 8.26. The molecule has 0 bridgehead atoms. The topological polar surface area (TPSA) is 56.1 Å². The number of amides is 1. The summed E-state index contributed by atoms with van der Waals surface area (Å²) in [5.74, 6) is 2.40. The molecule has 0 fully saturated rings. The molecule has 0 atom stereocenters. The Labute approximate surface area is 136 Å². The first-order valence-corrected chi connectivity index (χ1v) is 7.22. The second-order valence-electron chi connectivity index (χ2n) is 4.97. The quantitative estimate of drug-likeness (QED) is 0.658. The smallest absolute Gasteiger partial charge is 0.240 e. The molecule has 0 aliphatic carbocycles. The van der Waals surface area contributed by atoms with Crippen LogP contribution in [0.1, 0.15) is 11.1 Å². The Balaban J connectivity index is 2.21. The lowest BCUT2D eigenvalue weighted by Crippen LogP contribution is -2.37. The van der Waals surface area contributed by atoms with Crippen LogP contribution < -0.4 is 10.2 Å². The van der Waals surface area contributed by atoms with E-state index in [0.29, 0.717) is 6.54 Å². The highest BCUT2D eigenvalue weighted by atomic mass is 16.2. The number of benzene rings is 2. The van der Waals surface area contributed by atoms with Gasteiger partial charge in [-0.1, -0.05) is 42.3 Å². The predicted octanol–water partition coefficient (Wildman–Crippen LogP) is 2.31. The Hall–Kier alpha value is -3.24. The molecule has 0 saturated carbocycles. The Morgan fingerprint density at radius 2 is 1.96 bits per heavy atom. The van der Waals surface area contributed by atoms with Gasteiger partial charge in [-0.25, -0.2) is 0 Å². The van der Waals surface area contributed by atoms with E-state index in [1.165, 1.54) is 0 Å². The van der Waals surface area contributed by atoms with Crippen LogP contribution in [0.25, 0.3) is 0 Å². The monoisotopic (exact) mass is 303 g/mol. The van der Waals surface area contributed by atoms with E-state index < -0.39 is 0 Å². The first-order chi connectivity index (χ1) is 11.2. The van der Waals surface area contributed by atoms with E-state index in [1.807, 2.05) is 65.6 Å². The first-order valence-electron chi connectivity index (χ1n) is 7.22. The largest absolute Gasteiger partial charge is 0.358 e. The summed E-state index contributed by atoms with van der Waals surface area (Å²) in [6, 6.07) is 19.3. The molecule has 0 heterocycles. The summed E-state index contributed by atoms with van der Waals surface area (Å²) < 4.78 is 0. The van der Waals surface area contributed by atoms with Gasteiger partial charge in [-0.05, 0) is 23.8 Å². The Morgan fingerprint density at radius 1 is 1.17 bits per heavy atom. The summed E-state index contributed by atoms with van der Waals surface area (Å²) in [6.45, 7) is 0.738. The summed E-state index contributed by atoms with van der Waals surface area (Å²) in [5, 5.41) is 11.1. The molecule has 1 N–H and O–H groups in total. The second-order valence-corrected chi connectivity index (χ2v) is 4.97. The number of hydrogen-bond acceptors (Lipinski definition) is 3. The van der Waals surface area contributed by atoms with Crippen LogP contribution in [0.3, 0.4) is 0 Å². The fraction of sp³-hybridized carbons (Fsp3) is 0.158. The fourth-order valence-electron chi connectivity index (χ4n) is 2.20. The van der Waals surface area contributed by atoms with E-state index in [0.717, 1.165) is 16.8 Å². The van der Waals surface area contributed by atoms with Crippen molar-refractivity contribution >= 4 is 11.6 Å². The van der Waals surface area contributed by atoms with Gasteiger partial charge in [-0.3, -0.25) is 4.79 Å². The van der Waals surface area contributed by atoms with E-state index in [1.54, 1.807) is 0 Å². The van der Waals surface area contributed by atoms with Crippen molar-refractivity contribution in [3.63, 3.8) is 0 Å². The number of nitrogens with zero attached hydrogens (tertiary/aromatic N) is 2. The van der Waals surface area contributed by atoms with Crippen molar-refractivity contribution in [3.05, 3.63) is 65.7 Å². The molecular formula is C19H17N3O. The van der Waals surface area contributed by atoms with Crippen molar-refractivity contribution in [2.24, 2.45) is 0 Å². The molecule has 0 aromatic heterocycles. The average Bonchev–Trinajstić information content (AvgIpc) is 2.60. The Kier molecular flexibility index (Phi) is 5.80. The molecular weight excluding hydrogens is 286 g/mol. The van der Waals surface area contributed by atoms with Crippen LogP contribution in [0, 0.1) is 23.7 Å². The maximum Gasteiger partial charge on any atom is 0.240 e. The van der Waals surface area contributed by atoms with Crippen molar-refractivity contribution in [1.29, 1.82) is 5.26 Å². The SMILES string of the molecule is C#Cc1cccc(N(CC(=O)NCC#N)Cc2ccccc2)c1. The Bertz CT molecular complexity index is 741. The minimum absolute atomic E-state index is 0.00239. The van der Waals surface area contributed by atoms with Crippen molar-refractivity contribution < 1.29 is 4.79 Å². The number of nitriles is 1. The predicted molar refractivity (Wildman–Crippen MR) is 90.5 cm³/mol. The Morgan fingerprint density at radius 3 is 2.65 bits per heavy atom. The van der Waals surface area contributed by atoms with Gasteiger partial charge in [0, 0.05) is 17.8 Å². The zero-order valence-corrected chi connectivity index (χ0v) is 12.7.